The Labute approximate surface area is 154 Å². The Kier molecular flexibility index (Phi) is 5.12. The molecule has 0 saturated carbocycles. The molecule has 0 saturated heterocycles. The number of furan rings is 1. The van der Waals surface area contributed by atoms with Crippen LogP contribution >= 0.6 is 0 Å². The Morgan fingerprint density at radius 2 is 1.89 bits per heavy atom. The normalized spacial score (nSPS) is 10.9. The molecule has 0 unspecified atom stereocenters. The minimum atomic E-state index is -0.398. The highest BCUT2D eigenvalue weighted by atomic mass is 19.1. The predicted octanol–water partition coefficient (Wildman–Crippen LogP) is 3.92. The lowest BCUT2D eigenvalue weighted by atomic mass is 10.0. The number of rotatable bonds is 6. The highest BCUT2D eigenvalue weighted by molar-refractivity contribution is 6.11. The van der Waals surface area contributed by atoms with Crippen molar-refractivity contribution in [2.75, 3.05) is 7.05 Å². The number of benzene rings is 2. The molecule has 0 spiro atoms. The second-order valence-electron chi connectivity index (χ2n) is 6.07. The van der Waals surface area contributed by atoms with Crippen molar-refractivity contribution in [2.24, 2.45) is 0 Å². The first-order chi connectivity index (χ1) is 12.9. The van der Waals surface area contributed by atoms with Crippen LogP contribution in [0.3, 0.4) is 0 Å². The maximum Gasteiger partial charge on any atom is 0.298 e. The number of fused-ring (bicyclic) bond motifs is 1. The molecule has 0 fully saturated rings. The highest BCUT2D eigenvalue weighted by Gasteiger charge is 2.24. The molecule has 7 heteroatoms. The number of nitrogens with one attached hydrogen (secondary N) is 1. The van der Waals surface area contributed by atoms with Crippen LogP contribution in [-0.4, -0.2) is 25.5 Å². The van der Waals surface area contributed by atoms with Gasteiger partial charge in [0.15, 0.2) is 11.5 Å². The van der Waals surface area contributed by atoms with Gasteiger partial charge in [-0.05, 0) is 44.2 Å². The van der Waals surface area contributed by atoms with Gasteiger partial charge in [0.05, 0.1) is 11.7 Å². The van der Waals surface area contributed by atoms with Crippen molar-refractivity contribution in [1.29, 1.82) is 0 Å². The maximum atomic E-state index is 13.3. The van der Waals surface area contributed by atoms with Crippen LogP contribution in [0.25, 0.3) is 22.3 Å². The van der Waals surface area contributed by atoms with Crippen LogP contribution in [0, 0.1) is 5.82 Å². The van der Waals surface area contributed by atoms with Gasteiger partial charge in [0, 0.05) is 24.1 Å². The summed E-state index contributed by atoms with van der Waals surface area (Å²) in [7, 11) is 1.50. The molecule has 1 aromatic heterocycles. The highest BCUT2D eigenvalue weighted by Crippen LogP contribution is 2.40. The minimum Gasteiger partial charge on any atom is -0.487 e. The van der Waals surface area contributed by atoms with Crippen molar-refractivity contribution in [2.45, 2.75) is 20.0 Å². The molecule has 2 aromatic carbocycles. The van der Waals surface area contributed by atoms with E-state index >= 15 is 0 Å². The van der Waals surface area contributed by atoms with Crippen LogP contribution in [0.1, 0.15) is 24.2 Å². The second kappa shape index (κ2) is 7.49. The quantitative estimate of drug-likeness (QED) is 0.665. The van der Waals surface area contributed by atoms with Crippen LogP contribution in [-0.2, 0) is 4.79 Å². The van der Waals surface area contributed by atoms with Gasteiger partial charge in [-0.2, -0.15) is 0 Å². The van der Waals surface area contributed by atoms with Crippen LogP contribution in [0.2, 0.25) is 0 Å². The SMILES string of the molecule is CNC(=O)c1c(-c2ccc(F)cc2)oc2cc(OC=O)c(OC(C)C)cc12. The van der Waals surface area contributed by atoms with Crippen molar-refractivity contribution < 1.29 is 27.9 Å². The Hall–Kier alpha value is -3.35. The topological polar surface area (TPSA) is 77.8 Å². The van der Waals surface area contributed by atoms with Gasteiger partial charge in [0.25, 0.3) is 12.4 Å². The van der Waals surface area contributed by atoms with E-state index in [0.717, 1.165) is 0 Å². The summed E-state index contributed by atoms with van der Waals surface area (Å²) in [4.78, 5) is 23.3. The molecule has 0 aliphatic carbocycles. The number of halogens is 1. The summed E-state index contributed by atoms with van der Waals surface area (Å²) < 4.78 is 29.8. The summed E-state index contributed by atoms with van der Waals surface area (Å²) >= 11 is 0. The van der Waals surface area contributed by atoms with Gasteiger partial charge in [0.1, 0.15) is 17.2 Å². The lowest BCUT2D eigenvalue weighted by molar-refractivity contribution is -0.120. The van der Waals surface area contributed by atoms with Gasteiger partial charge in [-0.25, -0.2) is 4.39 Å². The standard InChI is InChI=1S/C20H18FNO5/c1-11(2)26-17-8-14-15(9-16(17)25-10-23)27-19(18(14)20(24)22-3)12-4-6-13(21)7-5-12/h4-11H,1-3H3,(H,22,24). The Bertz CT molecular complexity index is 992. The molecule has 1 amide bonds. The van der Waals surface area contributed by atoms with E-state index in [-0.39, 0.29) is 35.6 Å². The molecule has 3 rings (SSSR count). The van der Waals surface area contributed by atoms with Gasteiger partial charge < -0.3 is 19.2 Å². The summed E-state index contributed by atoms with van der Waals surface area (Å²) in [6.45, 7) is 3.94. The number of carbonyl (C=O) groups is 2. The largest absolute Gasteiger partial charge is 0.487 e. The molecule has 1 N–H and O–H groups in total. The van der Waals surface area contributed by atoms with E-state index in [2.05, 4.69) is 5.32 Å². The number of hydrogen-bond acceptors (Lipinski definition) is 5. The zero-order chi connectivity index (χ0) is 19.6. The van der Waals surface area contributed by atoms with Crippen LogP contribution in [0.5, 0.6) is 11.5 Å². The van der Waals surface area contributed by atoms with E-state index in [1.54, 1.807) is 6.07 Å². The fraction of sp³-hybridized carbons (Fsp3) is 0.200. The van der Waals surface area contributed by atoms with E-state index in [1.165, 1.54) is 37.4 Å². The van der Waals surface area contributed by atoms with Gasteiger partial charge in [-0.15, -0.1) is 0 Å². The molecular formula is C20H18FNO5. The molecule has 0 aliphatic heterocycles. The molecular weight excluding hydrogens is 353 g/mol. The zero-order valence-corrected chi connectivity index (χ0v) is 15.0. The van der Waals surface area contributed by atoms with Gasteiger partial charge >= 0.3 is 0 Å². The average molecular weight is 371 g/mol. The molecule has 0 radical (unpaired) electrons. The minimum absolute atomic E-state index is 0.175. The van der Waals surface area contributed by atoms with Crippen molar-refractivity contribution in [1.82, 2.24) is 5.32 Å². The third-order valence-corrected chi connectivity index (χ3v) is 3.85. The third kappa shape index (κ3) is 3.62. The van der Waals surface area contributed by atoms with E-state index in [9.17, 15) is 14.0 Å². The molecule has 3 aromatic rings. The Morgan fingerprint density at radius 1 is 1.19 bits per heavy atom. The summed E-state index contributed by atoms with van der Waals surface area (Å²) in [5.41, 5.74) is 1.15. The average Bonchev–Trinajstić information content (AvgIpc) is 3.00. The van der Waals surface area contributed by atoms with E-state index in [4.69, 9.17) is 13.9 Å². The zero-order valence-electron chi connectivity index (χ0n) is 15.0. The van der Waals surface area contributed by atoms with Gasteiger partial charge in [-0.1, -0.05) is 0 Å². The monoisotopic (exact) mass is 371 g/mol. The number of ether oxygens (including phenoxy) is 2. The predicted molar refractivity (Wildman–Crippen MR) is 97.5 cm³/mol. The molecule has 0 aliphatic rings. The maximum absolute atomic E-state index is 13.3. The number of hydrogen-bond donors (Lipinski definition) is 1. The lowest BCUT2D eigenvalue weighted by Crippen LogP contribution is -2.18. The van der Waals surface area contributed by atoms with E-state index < -0.39 is 5.82 Å². The van der Waals surface area contributed by atoms with Crippen LogP contribution < -0.4 is 14.8 Å². The molecule has 6 nitrogen and oxygen atoms in total. The van der Waals surface area contributed by atoms with Crippen LogP contribution in [0.15, 0.2) is 40.8 Å². The molecule has 1 heterocycles. The van der Waals surface area contributed by atoms with E-state index in [1.807, 2.05) is 13.8 Å². The number of amides is 1. The third-order valence-electron chi connectivity index (χ3n) is 3.85. The molecule has 0 bridgehead atoms. The molecule has 27 heavy (non-hydrogen) atoms. The first-order valence-corrected chi connectivity index (χ1v) is 8.30. The molecule has 140 valence electrons. The van der Waals surface area contributed by atoms with Crippen LogP contribution in [0.4, 0.5) is 4.39 Å². The fourth-order valence-corrected chi connectivity index (χ4v) is 2.75. The summed E-state index contributed by atoms with van der Waals surface area (Å²) in [5, 5.41) is 3.07. The summed E-state index contributed by atoms with van der Waals surface area (Å²) in [6, 6.07) is 8.69. The second-order valence-corrected chi connectivity index (χ2v) is 6.07. The lowest BCUT2D eigenvalue weighted by Gasteiger charge is -2.12. The van der Waals surface area contributed by atoms with Gasteiger partial charge in [-0.3, -0.25) is 9.59 Å². The molecule has 0 atom stereocenters. The van der Waals surface area contributed by atoms with Crippen molar-refractivity contribution in [3.8, 4) is 22.8 Å². The van der Waals surface area contributed by atoms with Crippen molar-refractivity contribution in [3.63, 3.8) is 0 Å². The summed E-state index contributed by atoms with van der Waals surface area (Å²) in [5.74, 6) is -0.00311. The fourth-order valence-electron chi connectivity index (χ4n) is 2.75. The van der Waals surface area contributed by atoms with Crippen molar-refractivity contribution in [3.05, 3.63) is 47.8 Å². The van der Waals surface area contributed by atoms with Crippen molar-refractivity contribution >= 4 is 23.3 Å². The smallest absolute Gasteiger partial charge is 0.298 e. The number of carbonyl (C=O) groups excluding carboxylic acids is 2. The summed E-state index contributed by atoms with van der Waals surface area (Å²) in [6.07, 6.45) is -0.177. The first kappa shape index (κ1) is 18.4. The Balaban J connectivity index is 2.28. The van der Waals surface area contributed by atoms with E-state index in [0.29, 0.717) is 22.3 Å². The first-order valence-electron chi connectivity index (χ1n) is 8.30. The Morgan fingerprint density at radius 3 is 2.48 bits per heavy atom. The van der Waals surface area contributed by atoms with Gasteiger partial charge in [0.2, 0.25) is 0 Å².